The summed E-state index contributed by atoms with van der Waals surface area (Å²) in [5.41, 5.74) is 0. The monoisotopic (exact) mass is 158 g/mol. The Hall–Kier alpha value is -1.10. The van der Waals surface area contributed by atoms with Gasteiger partial charge in [0, 0.05) is 0 Å². The van der Waals surface area contributed by atoms with Gasteiger partial charge in [0.1, 0.15) is 0 Å². The number of carboxylic acids is 1. The highest BCUT2D eigenvalue weighted by atomic mass is 16.4. The lowest BCUT2D eigenvalue weighted by Crippen LogP contribution is -2.44. The molecule has 1 saturated heterocycles. The summed E-state index contributed by atoms with van der Waals surface area (Å²) < 4.78 is 0. The predicted octanol–water partition coefficient (Wildman–Crippen LogP) is -1.10. The van der Waals surface area contributed by atoms with E-state index in [1.165, 1.54) is 0 Å². The number of amides is 1. The Morgan fingerprint density at radius 3 is 2.73 bits per heavy atom. The SMILES string of the molecule is O=C(O)C(=O)NC1CCCN1. The molecular weight excluding hydrogens is 148 g/mol. The van der Waals surface area contributed by atoms with Crippen LogP contribution < -0.4 is 10.6 Å². The van der Waals surface area contributed by atoms with E-state index in [-0.39, 0.29) is 6.17 Å². The molecule has 0 aliphatic carbocycles. The Labute approximate surface area is 63.8 Å². The molecule has 62 valence electrons. The maximum absolute atomic E-state index is 10.5. The number of aliphatic carboxylic acids is 1. The lowest BCUT2D eigenvalue weighted by Gasteiger charge is -2.09. The van der Waals surface area contributed by atoms with Gasteiger partial charge in [0.15, 0.2) is 0 Å². The van der Waals surface area contributed by atoms with E-state index in [0.717, 1.165) is 19.4 Å². The van der Waals surface area contributed by atoms with Crippen LogP contribution in [0.5, 0.6) is 0 Å². The molecule has 0 spiro atoms. The molecule has 5 nitrogen and oxygen atoms in total. The number of rotatable bonds is 1. The molecule has 5 heteroatoms. The molecule has 3 N–H and O–H groups in total. The van der Waals surface area contributed by atoms with Crippen LogP contribution in [-0.4, -0.2) is 29.7 Å². The van der Waals surface area contributed by atoms with Crippen LogP contribution in [0.1, 0.15) is 12.8 Å². The van der Waals surface area contributed by atoms with E-state index < -0.39 is 11.9 Å². The highest BCUT2D eigenvalue weighted by Crippen LogP contribution is 2.00. The van der Waals surface area contributed by atoms with Crippen molar-refractivity contribution in [2.24, 2.45) is 0 Å². The largest absolute Gasteiger partial charge is 0.474 e. The lowest BCUT2D eigenvalue weighted by molar-refractivity contribution is -0.150. The van der Waals surface area contributed by atoms with E-state index in [2.05, 4.69) is 10.6 Å². The van der Waals surface area contributed by atoms with Crippen LogP contribution in [0.4, 0.5) is 0 Å². The van der Waals surface area contributed by atoms with Crippen molar-refractivity contribution in [2.45, 2.75) is 19.0 Å². The first-order valence-electron chi connectivity index (χ1n) is 3.47. The van der Waals surface area contributed by atoms with E-state index >= 15 is 0 Å². The highest BCUT2D eigenvalue weighted by Gasteiger charge is 2.19. The molecular formula is C6H10N2O3. The second-order valence-corrected chi connectivity index (χ2v) is 2.43. The van der Waals surface area contributed by atoms with Gasteiger partial charge in [-0.2, -0.15) is 0 Å². The molecule has 0 bridgehead atoms. The van der Waals surface area contributed by atoms with Gasteiger partial charge >= 0.3 is 11.9 Å². The van der Waals surface area contributed by atoms with Gasteiger partial charge < -0.3 is 10.4 Å². The molecule has 1 heterocycles. The lowest BCUT2D eigenvalue weighted by atomic mass is 10.3. The fraction of sp³-hybridized carbons (Fsp3) is 0.667. The van der Waals surface area contributed by atoms with Crippen molar-refractivity contribution in [2.75, 3.05) is 6.54 Å². The molecule has 1 rings (SSSR count). The number of nitrogens with one attached hydrogen (secondary N) is 2. The third-order valence-electron chi connectivity index (χ3n) is 1.56. The summed E-state index contributed by atoms with van der Waals surface area (Å²) in [4.78, 5) is 20.6. The van der Waals surface area contributed by atoms with Crippen LogP contribution in [-0.2, 0) is 9.59 Å². The van der Waals surface area contributed by atoms with E-state index in [1.54, 1.807) is 0 Å². The first-order valence-corrected chi connectivity index (χ1v) is 3.47. The van der Waals surface area contributed by atoms with Gasteiger partial charge in [0.2, 0.25) is 0 Å². The number of hydrogen-bond donors (Lipinski definition) is 3. The minimum Gasteiger partial charge on any atom is -0.474 e. The van der Waals surface area contributed by atoms with Gasteiger partial charge in [-0.25, -0.2) is 4.79 Å². The van der Waals surface area contributed by atoms with Crippen LogP contribution in [0.15, 0.2) is 0 Å². The van der Waals surface area contributed by atoms with Crippen molar-refractivity contribution >= 4 is 11.9 Å². The molecule has 0 aromatic heterocycles. The Morgan fingerprint density at radius 1 is 1.55 bits per heavy atom. The van der Waals surface area contributed by atoms with Crippen molar-refractivity contribution in [1.29, 1.82) is 0 Å². The number of carbonyl (C=O) groups excluding carboxylic acids is 1. The topological polar surface area (TPSA) is 78.4 Å². The summed E-state index contributed by atoms with van der Waals surface area (Å²) >= 11 is 0. The van der Waals surface area contributed by atoms with Crippen LogP contribution in [0.25, 0.3) is 0 Å². The number of carbonyl (C=O) groups is 2. The summed E-state index contributed by atoms with van der Waals surface area (Å²) in [6.07, 6.45) is 1.63. The second kappa shape index (κ2) is 3.34. The van der Waals surface area contributed by atoms with Crippen LogP contribution in [0.2, 0.25) is 0 Å². The summed E-state index contributed by atoms with van der Waals surface area (Å²) in [5, 5.41) is 13.5. The van der Waals surface area contributed by atoms with Crippen LogP contribution in [0.3, 0.4) is 0 Å². The molecule has 0 aromatic rings. The Balaban J connectivity index is 2.29. The molecule has 1 aliphatic rings. The fourth-order valence-corrected chi connectivity index (χ4v) is 1.03. The van der Waals surface area contributed by atoms with E-state index in [4.69, 9.17) is 5.11 Å². The van der Waals surface area contributed by atoms with Crippen LogP contribution in [0, 0.1) is 0 Å². The third kappa shape index (κ3) is 2.19. The summed E-state index contributed by atoms with van der Waals surface area (Å²) in [7, 11) is 0. The highest BCUT2D eigenvalue weighted by molar-refractivity contribution is 6.31. The van der Waals surface area contributed by atoms with Gasteiger partial charge in [-0.05, 0) is 19.4 Å². The standard InChI is InChI=1S/C6H10N2O3/c9-5(6(10)11)8-4-2-1-3-7-4/h4,7H,1-3H2,(H,8,9)(H,10,11). The zero-order chi connectivity index (χ0) is 8.27. The first kappa shape index (κ1) is 8.00. The van der Waals surface area contributed by atoms with Crippen molar-refractivity contribution in [3.8, 4) is 0 Å². The second-order valence-electron chi connectivity index (χ2n) is 2.43. The van der Waals surface area contributed by atoms with E-state index in [9.17, 15) is 9.59 Å². The van der Waals surface area contributed by atoms with Crippen molar-refractivity contribution in [3.63, 3.8) is 0 Å². The van der Waals surface area contributed by atoms with Crippen molar-refractivity contribution in [1.82, 2.24) is 10.6 Å². The number of carboxylic acid groups (broad SMARTS) is 1. The first-order chi connectivity index (χ1) is 5.20. The van der Waals surface area contributed by atoms with Gasteiger partial charge in [0.25, 0.3) is 0 Å². The molecule has 0 saturated carbocycles. The molecule has 0 aromatic carbocycles. The minimum atomic E-state index is -1.43. The Kier molecular flexibility index (Phi) is 2.43. The molecule has 1 fully saturated rings. The molecule has 0 radical (unpaired) electrons. The van der Waals surface area contributed by atoms with E-state index in [0.29, 0.717) is 0 Å². The van der Waals surface area contributed by atoms with Crippen molar-refractivity contribution < 1.29 is 14.7 Å². The normalized spacial score (nSPS) is 23.1. The van der Waals surface area contributed by atoms with Crippen LogP contribution >= 0.6 is 0 Å². The summed E-state index contributed by atoms with van der Waals surface area (Å²) in [6.45, 7) is 0.838. The predicted molar refractivity (Wildman–Crippen MR) is 36.8 cm³/mol. The molecule has 1 atom stereocenters. The summed E-state index contributed by atoms with van der Waals surface area (Å²) in [5.74, 6) is -2.37. The maximum Gasteiger partial charge on any atom is 0.394 e. The Bertz CT molecular complexity index is 175. The van der Waals surface area contributed by atoms with E-state index in [1.807, 2.05) is 0 Å². The zero-order valence-corrected chi connectivity index (χ0v) is 5.96. The zero-order valence-electron chi connectivity index (χ0n) is 5.96. The average Bonchev–Trinajstić information content (AvgIpc) is 2.39. The van der Waals surface area contributed by atoms with Gasteiger partial charge in [-0.15, -0.1) is 0 Å². The Morgan fingerprint density at radius 2 is 2.27 bits per heavy atom. The minimum absolute atomic E-state index is 0.154. The van der Waals surface area contributed by atoms with Gasteiger partial charge in [0.05, 0.1) is 6.17 Å². The molecule has 1 unspecified atom stereocenters. The smallest absolute Gasteiger partial charge is 0.394 e. The molecule has 11 heavy (non-hydrogen) atoms. The third-order valence-corrected chi connectivity index (χ3v) is 1.56. The average molecular weight is 158 g/mol. The maximum atomic E-state index is 10.5. The molecule has 1 aliphatic heterocycles. The van der Waals surface area contributed by atoms with Gasteiger partial charge in [-0.1, -0.05) is 0 Å². The summed E-state index contributed by atoms with van der Waals surface area (Å²) in [6, 6.07) is 0. The fourth-order valence-electron chi connectivity index (χ4n) is 1.03. The quantitative estimate of drug-likeness (QED) is 0.423. The molecule has 1 amide bonds. The van der Waals surface area contributed by atoms with Gasteiger partial charge in [-0.3, -0.25) is 10.1 Å². The van der Waals surface area contributed by atoms with Crippen molar-refractivity contribution in [3.05, 3.63) is 0 Å². The number of hydrogen-bond acceptors (Lipinski definition) is 3.